The fourth-order valence-electron chi connectivity index (χ4n) is 2.73. The van der Waals surface area contributed by atoms with E-state index in [1.807, 2.05) is 0 Å². The van der Waals surface area contributed by atoms with Gasteiger partial charge in [-0.2, -0.15) is 0 Å². The normalized spacial score (nSPS) is 19.1. The Bertz CT molecular complexity index is 466. The van der Waals surface area contributed by atoms with Crippen molar-refractivity contribution in [3.8, 4) is 0 Å². The minimum Gasteiger partial charge on any atom is -0.355 e. The predicted octanol–water partition coefficient (Wildman–Crippen LogP) is 3.76. The van der Waals surface area contributed by atoms with Crippen molar-refractivity contribution < 1.29 is 4.79 Å². The fraction of sp³-hybridized carbons (Fsp3) is 0.588. The number of likely N-dealkylation sites (tertiary alicyclic amines) is 1. The average molecular weight is 432 g/mol. The second kappa shape index (κ2) is 9.78. The smallest absolute Gasteiger partial charge is 0.230 e. The second-order valence-electron chi connectivity index (χ2n) is 5.83. The Hall–Kier alpha value is -0.270. The summed E-state index contributed by atoms with van der Waals surface area (Å²) < 4.78 is 1.22. The third-order valence-electron chi connectivity index (χ3n) is 4.07. The van der Waals surface area contributed by atoms with Gasteiger partial charge in [0.25, 0.3) is 0 Å². The van der Waals surface area contributed by atoms with E-state index < -0.39 is 0 Å². The van der Waals surface area contributed by atoms with E-state index in [0.717, 1.165) is 24.4 Å². The summed E-state index contributed by atoms with van der Waals surface area (Å²) in [6.07, 6.45) is 5.05. The van der Waals surface area contributed by atoms with Crippen LogP contribution in [0.1, 0.15) is 32.6 Å². The zero-order chi connectivity index (χ0) is 15.8. The molecule has 1 aromatic rings. The van der Waals surface area contributed by atoms with Crippen molar-refractivity contribution in [2.45, 2.75) is 43.5 Å². The third-order valence-corrected chi connectivity index (χ3v) is 5.80. The molecule has 1 aliphatic heterocycles. The highest BCUT2D eigenvalue weighted by Crippen LogP contribution is 2.19. The number of benzene rings is 1. The lowest BCUT2D eigenvalue weighted by Gasteiger charge is -2.33. The second-order valence-corrected chi connectivity index (χ2v) is 8.12. The Balaban J connectivity index is 1.56. The first-order valence-electron chi connectivity index (χ1n) is 8.04. The summed E-state index contributed by atoms with van der Waals surface area (Å²) in [5, 5.41) is 3.03. The van der Waals surface area contributed by atoms with Crippen molar-refractivity contribution in [3.05, 3.63) is 27.8 Å². The molecule has 1 heterocycles. The summed E-state index contributed by atoms with van der Waals surface area (Å²) in [5.74, 6) is 0.635. The fourth-order valence-corrected chi connectivity index (χ4v) is 3.82. The molecule has 1 atom stereocenters. The predicted molar refractivity (Wildman–Crippen MR) is 102 cm³/mol. The number of amides is 1. The van der Waals surface area contributed by atoms with Gasteiger partial charge in [0.15, 0.2) is 0 Å². The maximum Gasteiger partial charge on any atom is 0.230 e. The number of nitrogens with zero attached hydrogens (tertiary/aromatic N) is 1. The lowest BCUT2D eigenvalue weighted by molar-refractivity contribution is -0.118. The number of nitrogens with one attached hydrogen (secondary N) is 1. The van der Waals surface area contributed by atoms with Gasteiger partial charge in [-0.3, -0.25) is 4.79 Å². The van der Waals surface area contributed by atoms with Gasteiger partial charge in [-0.25, -0.2) is 0 Å². The van der Waals surface area contributed by atoms with E-state index in [1.165, 1.54) is 29.4 Å². The van der Waals surface area contributed by atoms with Crippen LogP contribution in [0.4, 0.5) is 0 Å². The number of piperidine rings is 1. The molecular weight excluding hydrogens is 407 g/mol. The third kappa shape index (κ3) is 6.46. The van der Waals surface area contributed by atoms with Gasteiger partial charge in [0.2, 0.25) is 5.91 Å². The van der Waals surface area contributed by atoms with Crippen LogP contribution in [0.15, 0.2) is 29.2 Å². The maximum atomic E-state index is 11.9. The summed E-state index contributed by atoms with van der Waals surface area (Å²) >= 11 is 3.89. The van der Waals surface area contributed by atoms with Crippen molar-refractivity contribution in [2.75, 3.05) is 25.4 Å². The molecule has 0 spiro atoms. The van der Waals surface area contributed by atoms with Crippen LogP contribution in [0.2, 0.25) is 0 Å². The van der Waals surface area contributed by atoms with E-state index in [1.54, 1.807) is 11.8 Å². The monoisotopic (exact) mass is 432 g/mol. The molecule has 3 nitrogen and oxygen atoms in total. The van der Waals surface area contributed by atoms with Gasteiger partial charge in [-0.05, 0) is 79.6 Å². The first kappa shape index (κ1) is 18.1. The number of thioether (sulfide) groups is 1. The first-order chi connectivity index (χ1) is 10.6. The molecule has 1 amide bonds. The van der Waals surface area contributed by atoms with Crippen molar-refractivity contribution in [3.63, 3.8) is 0 Å². The number of hydrogen-bond donors (Lipinski definition) is 1. The van der Waals surface area contributed by atoms with Crippen LogP contribution in [0.3, 0.4) is 0 Å². The van der Waals surface area contributed by atoms with Crippen LogP contribution in [-0.2, 0) is 4.79 Å². The summed E-state index contributed by atoms with van der Waals surface area (Å²) in [6, 6.07) is 8.98. The summed E-state index contributed by atoms with van der Waals surface area (Å²) in [5.41, 5.74) is 0. The standard InChI is InChI=1S/C17H25IN2OS/c1-14-5-2-3-11-20(14)12-4-10-19-17(21)13-22-16-8-6-15(18)7-9-16/h6-9,14H,2-5,10-13H2,1H3,(H,19,21). The first-order valence-corrected chi connectivity index (χ1v) is 10.1. The lowest BCUT2D eigenvalue weighted by atomic mass is 10.0. The molecule has 22 heavy (non-hydrogen) atoms. The molecule has 1 saturated heterocycles. The van der Waals surface area contributed by atoms with Crippen LogP contribution >= 0.6 is 34.4 Å². The van der Waals surface area contributed by atoms with E-state index in [2.05, 4.69) is 64.0 Å². The summed E-state index contributed by atoms with van der Waals surface area (Å²) in [7, 11) is 0. The number of hydrogen-bond acceptors (Lipinski definition) is 3. The van der Waals surface area contributed by atoms with Gasteiger partial charge >= 0.3 is 0 Å². The largest absolute Gasteiger partial charge is 0.355 e. The molecule has 1 fully saturated rings. The number of rotatable bonds is 7. The highest BCUT2D eigenvalue weighted by molar-refractivity contribution is 14.1. The van der Waals surface area contributed by atoms with Gasteiger partial charge in [0.05, 0.1) is 5.75 Å². The summed E-state index contributed by atoms with van der Waals surface area (Å²) in [4.78, 5) is 15.6. The van der Waals surface area contributed by atoms with Gasteiger partial charge in [0, 0.05) is 27.6 Å². The maximum absolute atomic E-state index is 11.9. The van der Waals surface area contributed by atoms with Crippen molar-refractivity contribution in [1.82, 2.24) is 10.2 Å². The quantitative estimate of drug-likeness (QED) is 0.405. The molecule has 1 aliphatic rings. The molecule has 1 N–H and O–H groups in total. The van der Waals surface area contributed by atoms with Gasteiger partial charge < -0.3 is 10.2 Å². The van der Waals surface area contributed by atoms with Crippen molar-refractivity contribution in [1.29, 1.82) is 0 Å². The topological polar surface area (TPSA) is 32.3 Å². The van der Waals surface area contributed by atoms with Crippen molar-refractivity contribution in [2.24, 2.45) is 0 Å². The van der Waals surface area contributed by atoms with E-state index in [0.29, 0.717) is 11.8 Å². The Kier molecular flexibility index (Phi) is 8.03. The number of carbonyl (C=O) groups excluding carboxylic acids is 1. The number of carbonyl (C=O) groups is 1. The van der Waals surface area contributed by atoms with E-state index in [9.17, 15) is 4.79 Å². The summed E-state index contributed by atoms with van der Waals surface area (Å²) in [6.45, 7) is 5.42. The van der Waals surface area contributed by atoms with Gasteiger partial charge in [0.1, 0.15) is 0 Å². The van der Waals surface area contributed by atoms with Gasteiger partial charge in [-0.15, -0.1) is 11.8 Å². The number of halogens is 1. The SMILES string of the molecule is CC1CCCCN1CCCNC(=O)CSc1ccc(I)cc1. The van der Waals surface area contributed by atoms with E-state index in [4.69, 9.17) is 0 Å². The van der Waals surface area contributed by atoms with Crippen LogP contribution in [0.5, 0.6) is 0 Å². The molecule has 0 radical (unpaired) electrons. The molecule has 0 bridgehead atoms. The Morgan fingerprint density at radius 1 is 1.36 bits per heavy atom. The van der Waals surface area contributed by atoms with Crippen LogP contribution in [-0.4, -0.2) is 42.2 Å². The highest BCUT2D eigenvalue weighted by atomic mass is 127. The lowest BCUT2D eigenvalue weighted by Crippen LogP contribution is -2.39. The Morgan fingerprint density at radius 2 is 2.14 bits per heavy atom. The van der Waals surface area contributed by atoms with Gasteiger partial charge in [-0.1, -0.05) is 6.42 Å². The highest BCUT2D eigenvalue weighted by Gasteiger charge is 2.17. The minimum atomic E-state index is 0.134. The van der Waals surface area contributed by atoms with E-state index >= 15 is 0 Å². The zero-order valence-electron chi connectivity index (χ0n) is 13.2. The molecule has 5 heteroatoms. The average Bonchev–Trinajstić information content (AvgIpc) is 2.52. The Morgan fingerprint density at radius 3 is 2.86 bits per heavy atom. The van der Waals surface area contributed by atoms with Crippen LogP contribution in [0, 0.1) is 3.57 Å². The Labute approximate surface area is 151 Å². The van der Waals surface area contributed by atoms with E-state index in [-0.39, 0.29) is 5.91 Å². The molecule has 1 aromatic carbocycles. The molecule has 122 valence electrons. The molecule has 2 rings (SSSR count). The molecule has 0 saturated carbocycles. The van der Waals surface area contributed by atoms with Crippen molar-refractivity contribution >= 4 is 40.3 Å². The zero-order valence-corrected chi connectivity index (χ0v) is 16.2. The van der Waals surface area contributed by atoms with Crippen LogP contribution in [0.25, 0.3) is 0 Å². The van der Waals surface area contributed by atoms with Crippen LogP contribution < -0.4 is 5.32 Å². The molecule has 0 aromatic heterocycles. The molecule has 1 unspecified atom stereocenters. The molecule has 0 aliphatic carbocycles. The molecular formula is C17H25IN2OS. The minimum absolute atomic E-state index is 0.134.